The molecule has 0 spiro atoms. The molecule has 0 radical (unpaired) electrons. The summed E-state index contributed by atoms with van der Waals surface area (Å²) < 4.78 is 4.23. The largest absolute Gasteiger partial charge is 0.481 e. The second-order valence-electron chi connectivity index (χ2n) is 7.85. The maximum atomic E-state index is 9.00. The summed E-state index contributed by atoms with van der Waals surface area (Å²) in [6.07, 6.45) is 11.0. The van der Waals surface area contributed by atoms with Crippen LogP contribution in [-0.4, -0.2) is 47.5 Å². The van der Waals surface area contributed by atoms with Gasteiger partial charge < -0.3 is 20.5 Å². The molecule has 0 aliphatic heterocycles. The number of carboxylic acids is 2. The second kappa shape index (κ2) is 11.2. The molecule has 0 amide bonds. The summed E-state index contributed by atoms with van der Waals surface area (Å²) in [6, 6.07) is 7.08. The average Bonchev–Trinajstić information content (AvgIpc) is 3.41. The highest BCUT2D eigenvalue weighted by Crippen LogP contribution is 2.35. The van der Waals surface area contributed by atoms with Crippen molar-refractivity contribution in [3.05, 3.63) is 54.1 Å². The van der Waals surface area contributed by atoms with E-state index in [0.29, 0.717) is 12.1 Å². The van der Waals surface area contributed by atoms with E-state index in [4.69, 9.17) is 25.5 Å². The third-order valence-corrected chi connectivity index (χ3v) is 4.93. The van der Waals surface area contributed by atoms with Gasteiger partial charge in [0, 0.05) is 56.3 Å². The molecule has 3 aromatic rings. The number of rotatable bonds is 3. The topological polar surface area (TPSA) is 136 Å². The smallest absolute Gasteiger partial charge is 0.300 e. The van der Waals surface area contributed by atoms with E-state index in [9.17, 15) is 0 Å². The molecule has 9 nitrogen and oxygen atoms in total. The highest BCUT2D eigenvalue weighted by atomic mass is 16.4. The zero-order valence-electron chi connectivity index (χ0n) is 18.9. The first-order chi connectivity index (χ1) is 15.1. The van der Waals surface area contributed by atoms with Crippen molar-refractivity contribution in [2.75, 3.05) is 0 Å². The molecule has 0 bridgehead atoms. The van der Waals surface area contributed by atoms with Crippen molar-refractivity contribution in [3.63, 3.8) is 0 Å². The number of imidazole rings is 1. The van der Waals surface area contributed by atoms with Crippen LogP contribution in [0.5, 0.6) is 0 Å². The van der Waals surface area contributed by atoms with E-state index in [2.05, 4.69) is 46.8 Å². The van der Waals surface area contributed by atoms with E-state index in [0.717, 1.165) is 50.2 Å². The van der Waals surface area contributed by atoms with E-state index in [-0.39, 0.29) is 0 Å². The maximum Gasteiger partial charge on any atom is 0.300 e. The Bertz CT molecular complexity index is 1020. The van der Waals surface area contributed by atoms with E-state index in [1.807, 2.05) is 29.3 Å². The number of nitrogens with zero attached hydrogens (tertiary/aromatic N) is 4. The Kier molecular flexibility index (Phi) is 8.71. The second-order valence-corrected chi connectivity index (χ2v) is 7.85. The normalized spacial score (nSPS) is 17.0. The van der Waals surface area contributed by atoms with Crippen LogP contribution in [0.4, 0.5) is 0 Å². The molecule has 2 atom stereocenters. The van der Waals surface area contributed by atoms with Crippen molar-refractivity contribution in [2.45, 2.75) is 59.0 Å². The average molecular weight is 442 g/mol. The molecule has 4 rings (SSSR count). The minimum atomic E-state index is -0.833. The van der Waals surface area contributed by atoms with Crippen molar-refractivity contribution < 1.29 is 19.8 Å². The molecule has 9 heteroatoms. The number of carbonyl (C=O) groups is 2. The molecular formula is C23H31N5O4. The first kappa shape index (κ1) is 24.8. The van der Waals surface area contributed by atoms with Crippen molar-refractivity contribution in [2.24, 2.45) is 5.73 Å². The van der Waals surface area contributed by atoms with Gasteiger partial charge in [0.05, 0.1) is 5.69 Å². The quantitative estimate of drug-likeness (QED) is 0.565. The van der Waals surface area contributed by atoms with Gasteiger partial charge in [-0.15, -0.1) is 0 Å². The standard InChI is InChI=1S/C19H23N5.2C2H4O2/c1-13-10-14(2)18(24-8-3-6-22-24)17(11-13)19-21-7-9-23(19)16-5-4-15(20)12-16;2*1-2(3)4/h3,6-11,15-16H,4-5,12,20H2,1-2H3;2*1H3,(H,3,4)/t15-,16+;;/m0../s1. The number of aliphatic carboxylic acids is 2. The van der Waals surface area contributed by atoms with Gasteiger partial charge in [0.15, 0.2) is 0 Å². The Hall–Kier alpha value is -3.46. The number of hydrogen-bond acceptors (Lipinski definition) is 5. The van der Waals surface area contributed by atoms with Gasteiger partial charge in [0.25, 0.3) is 11.9 Å². The van der Waals surface area contributed by atoms with Crippen molar-refractivity contribution in [3.8, 4) is 17.1 Å². The third-order valence-electron chi connectivity index (χ3n) is 4.93. The Morgan fingerprint density at radius 1 is 1.06 bits per heavy atom. The fourth-order valence-corrected chi connectivity index (χ4v) is 3.90. The Labute approximate surface area is 187 Å². The lowest BCUT2D eigenvalue weighted by atomic mass is 10.0. The van der Waals surface area contributed by atoms with Crippen LogP contribution in [0.2, 0.25) is 0 Å². The zero-order chi connectivity index (χ0) is 23.8. The molecule has 172 valence electrons. The van der Waals surface area contributed by atoms with E-state index >= 15 is 0 Å². The molecule has 1 fully saturated rings. The van der Waals surface area contributed by atoms with Crippen LogP contribution < -0.4 is 5.73 Å². The van der Waals surface area contributed by atoms with Crippen molar-refractivity contribution in [1.82, 2.24) is 19.3 Å². The van der Waals surface area contributed by atoms with Crippen molar-refractivity contribution in [1.29, 1.82) is 0 Å². The van der Waals surface area contributed by atoms with Crippen LogP contribution in [0.3, 0.4) is 0 Å². The maximum absolute atomic E-state index is 9.00. The van der Waals surface area contributed by atoms with Crippen LogP contribution in [0.15, 0.2) is 43.0 Å². The van der Waals surface area contributed by atoms with E-state index in [1.54, 1.807) is 0 Å². The van der Waals surface area contributed by atoms with Gasteiger partial charge in [-0.25, -0.2) is 9.67 Å². The van der Waals surface area contributed by atoms with Crippen molar-refractivity contribution >= 4 is 11.9 Å². The van der Waals surface area contributed by atoms with Gasteiger partial charge in [-0.3, -0.25) is 9.59 Å². The monoisotopic (exact) mass is 441 g/mol. The molecule has 1 aromatic carbocycles. The lowest BCUT2D eigenvalue weighted by molar-refractivity contribution is -0.135. The van der Waals surface area contributed by atoms with Gasteiger partial charge >= 0.3 is 0 Å². The summed E-state index contributed by atoms with van der Waals surface area (Å²) in [4.78, 5) is 22.7. The Morgan fingerprint density at radius 3 is 2.25 bits per heavy atom. The third kappa shape index (κ3) is 6.78. The van der Waals surface area contributed by atoms with Crippen LogP contribution in [0.1, 0.15) is 50.3 Å². The summed E-state index contributed by atoms with van der Waals surface area (Å²) in [5, 5.41) is 19.3. The Balaban J connectivity index is 0.000000395. The predicted octanol–water partition coefficient (Wildman–Crippen LogP) is 3.59. The van der Waals surface area contributed by atoms with Gasteiger partial charge in [-0.1, -0.05) is 6.07 Å². The van der Waals surface area contributed by atoms with Crippen LogP contribution >= 0.6 is 0 Å². The highest BCUT2D eigenvalue weighted by molar-refractivity contribution is 5.71. The summed E-state index contributed by atoms with van der Waals surface area (Å²) in [5.74, 6) is -0.661. The number of hydrogen-bond donors (Lipinski definition) is 3. The molecule has 32 heavy (non-hydrogen) atoms. The molecule has 2 aromatic heterocycles. The minimum absolute atomic E-state index is 0.301. The van der Waals surface area contributed by atoms with Crippen LogP contribution in [0.25, 0.3) is 17.1 Å². The fourth-order valence-electron chi connectivity index (χ4n) is 3.90. The molecule has 1 saturated carbocycles. The molecule has 0 unspecified atom stereocenters. The molecule has 1 aliphatic rings. The summed E-state index contributed by atoms with van der Waals surface area (Å²) in [6.45, 7) is 6.43. The molecule has 4 N–H and O–H groups in total. The Morgan fingerprint density at radius 2 is 1.72 bits per heavy atom. The summed E-state index contributed by atoms with van der Waals surface area (Å²) in [7, 11) is 0. The molecular weight excluding hydrogens is 410 g/mol. The summed E-state index contributed by atoms with van der Waals surface area (Å²) >= 11 is 0. The highest BCUT2D eigenvalue weighted by Gasteiger charge is 2.26. The van der Waals surface area contributed by atoms with Gasteiger partial charge in [-0.2, -0.15) is 5.10 Å². The number of aryl methyl sites for hydroxylation is 2. The first-order valence-corrected chi connectivity index (χ1v) is 10.4. The van der Waals surface area contributed by atoms with Crippen LogP contribution in [0, 0.1) is 13.8 Å². The van der Waals surface area contributed by atoms with Gasteiger partial charge in [-0.05, 0) is 56.4 Å². The van der Waals surface area contributed by atoms with E-state index in [1.165, 1.54) is 11.1 Å². The number of carboxylic acid groups (broad SMARTS) is 2. The molecule has 1 aliphatic carbocycles. The zero-order valence-corrected chi connectivity index (χ0v) is 18.9. The SMILES string of the molecule is CC(=O)O.CC(=O)O.Cc1cc(C)c(-n2cccn2)c(-c2nccn2[C@@H]2CC[C@H](N)C2)c1. The fraction of sp³-hybridized carbons (Fsp3) is 0.391. The molecule has 0 saturated heterocycles. The van der Waals surface area contributed by atoms with Gasteiger partial charge in [0.1, 0.15) is 5.82 Å². The predicted molar refractivity (Wildman–Crippen MR) is 122 cm³/mol. The first-order valence-electron chi connectivity index (χ1n) is 10.4. The van der Waals surface area contributed by atoms with E-state index < -0.39 is 11.9 Å². The van der Waals surface area contributed by atoms with Crippen LogP contribution in [-0.2, 0) is 9.59 Å². The van der Waals surface area contributed by atoms with Gasteiger partial charge in [0.2, 0.25) is 0 Å². The number of nitrogens with two attached hydrogens (primary N) is 1. The lowest BCUT2D eigenvalue weighted by Crippen LogP contribution is -2.16. The summed E-state index contributed by atoms with van der Waals surface area (Å²) in [5.41, 5.74) is 10.8. The molecule has 2 heterocycles. The lowest BCUT2D eigenvalue weighted by Gasteiger charge is -2.19. The number of benzene rings is 1. The minimum Gasteiger partial charge on any atom is -0.481 e. The number of aromatic nitrogens is 4.